The van der Waals surface area contributed by atoms with Crippen LogP contribution in [0.25, 0.3) is 0 Å². The highest BCUT2D eigenvalue weighted by Crippen LogP contribution is 2.02. The van der Waals surface area contributed by atoms with Crippen molar-refractivity contribution in [1.82, 2.24) is 0 Å². The van der Waals surface area contributed by atoms with E-state index in [9.17, 15) is 9.59 Å². The molecule has 0 saturated heterocycles. The molecular formula is C15H24O5. The van der Waals surface area contributed by atoms with E-state index < -0.39 is 5.97 Å². The van der Waals surface area contributed by atoms with Gasteiger partial charge < -0.3 is 14.6 Å². The van der Waals surface area contributed by atoms with Crippen molar-refractivity contribution in [2.45, 2.75) is 39.5 Å². The van der Waals surface area contributed by atoms with E-state index in [0.717, 1.165) is 0 Å². The lowest BCUT2D eigenvalue weighted by Gasteiger charge is -2.06. The summed E-state index contributed by atoms with van der Waals surface area (Å²) in [5.41, 5.74) is 0.923. The van der Waals surface area contributed by atoms with Gasteiger partial charge in [0.05, 0.1) is 13.2 Å². The molecule has 0 bridgehead atoms. The molecule has 0 spiro atoms. The number of aliphatic hydroxyl groups excluding tert-OH is 1. The van der Waals surface area contributed by atoms with Crippen LogP contribution >= 0.6 is 0 Å². The Balaban J connectivity index is 3.64. The average molecular weight is 284 g/mol. The zero-order valence-electron chi connectivity index (χ0n) is 12.3. The van der Waals surface area contributed by atoms with Gasteiger partial charge in [-0.2, -0.15) is 0 Å². The molecule has 0 aliphatic rings. The molecular weight excluding hydrogens is 260 g/mol. The Hall–Kier alpha value is -1.62. The molecule has 0 aliphatic heterocycles. The van der Waals surface area contributed by atoms with Gasteiger partial charge in [0.1, 0.15) is 0 Å². The Kier molecular flexibility index (Phi) is 10.3. The van der Waals surface area contributed by atoms with Gasteiger partial charge in [-0.3, -0.25) is 0 Å². The van der Waals surface area contributed by atoms with Crippen molar-refractivity contribution in [3.8, 4) is 0 Å². The van der Waals surface area contributed by atoms with Crippen molar-refractivity contribution in [3.63, 3.8) is 0 Å². The lowest BCUT2D eigenvalue weighted by molar-refractivity contribution is -0.141. The fourth-order valence-corrected chi connectivity index (χ4v) is 1.26. The first kappa shape index (κ1) is 18.4. The fourth-order valence-electron chi connectivity index (χ4n) is 1.26. The van der Waals surface area contributed by atoms with Gasteiger partial charge in [-0.05, 0) is 39.5 Å². The number of rotatable bonds is 10. The molecule has 0 unspecified atom stereocenters. The molecule has 20 heavy (non-hydrogen) atoms. The maximum atomic E-state index is 11.5. The van der Waals surface area contributed by atoms with E-state index in [-0.39, 0.29) is 12.6 Å². The van der Waals surface area contributed by atoms with E-state index in [1.54, 1.807) is 19.9 Å². The van der Waals surface area contributed by atoms with Crippen molar-refractivity contribution < 1.29 is 24.2 Å². The molecule has 0 radical (unpaired) electrons. The normalized spacial score (nSPS) is 11.1. The summed E-state index contributed by atoms with van der Waals surface area (Å²) in [7, 11) is 0. The summed E-state index contributed by atoms with van der Waals surface area (Å²) in [6.07, 6.45) is 4.33. The molecule has 0 rings (SSSR count). The lowest BCUT2D eigenvalue weighted by atomic mass is 10.2. The van der Waals surface area contributed by atoms with Crippen molar-refractivity contribution in [2.75, 3.05) is 19.8 Å². The van der Waals surface area contributed by atoms with Crippen LogP contribution in [0.4, 0.5) is 0 Å². The molecule has 0 aromatic rings. The molecule has 0 fully saturated rings. The predicted octanol–water partition coefficient (Wildman–Crippen LogP) is 2.15. The van der Waals surface area contributed by atoms with Crippen LogP contribution in [0, 0.1) is 0 Å². The first-order valence-corrected chi connectivity index (χ1v) is 6.76. The largest absolute Gasteiger partial charge is 0.462 e. The van der Waals surface area contributed by atoms with Crippen LogP contribution in [-0.4, -0.2) is 36.9 Å². The summed E-state index contributed by atoms with van der Waals surface area (Å²) < 4.78 is 9.97. The smallest absolute Gasteiger partial charge is 0.333 e. The van der Waals surface area contributed by atoms with Crippen LogP contribution in [0.2, 0.25) is 0 Å². The van der Waals surface area contributed by atoms with Gasteiger partial charge in [0.25, 0.3) is 0 Å². The first-order chi connectivity index (χ1) is 9.49. The van der Waals surface area contributed by atoms with Crippen molar-refractivity contribution in [3.05, 3.63) is 23.8 Å². The minimum absolute atomic E-state index is 0.113. The molecule has 5 nitrogen and oxygen atoms in total. The van der Waals surface area contributed by atoms with Crippen LogP contribution in [0.1, 0.15) is 39.5 Å². The topological polar surface area (TPSA) is 72.8 Å². The zero-order valence-corrected chi connectivity index (χ0v) is 12.3. The van der Waals surface area contributed by atoms with E-state index in [1.807, 2.05) is 0 Å². The highest BCUT2D eigenvalue weighted by molar-refractivity contribution is 5.87. The third-order valence-electron chi connectivity index (χ3n) is 2.49. The Morgan fingerprint density at radius 3 is 2.10 bits per heavy atom. The number of allylic oxidation sites excluding steroid dienone is 1. The molecule has 0 saturated carbocycles. The molecule has 0 aromatic carbocycles. The maximum Gasteiger partial charge on any atom is 0.333 e. The zero-order chi connectivity index (χ0) is 15.4. The lowest BCUT2D eigenvalue weighted by Crippen LogP contribution is -2.09. The summed E-state index contributed by atoms with van der Waals surface area (Å²) in [5.74, 6) is -0.744. The molecule has 0 aromatic heterocycles. The van der Waals surface area contributed by atoms with Gasteiger partial charge in [-0.15, -0.1) is 0 Å². The van der Waals surface area contributed by atoms with Crippen molar-refractivity contribution in [2.24, 2.45) is 0 Å². The number of carbonyl (C=O) groups is 2. The summed E-state index contributed by atoms with van der Waals surface area (Å²) >= 11 is 0. The van der Waals surface area contributed by atoms with E-state index >= 15 is 0 Å². The third-order valence-corrected chi connectivity index (χ3v) is 2.49. The van der Waals surface area contributed by atoms with E-state index in [4.69, 9.17) is 14.6 Å². The second-order valence-electron chi connectivity index (χ2n) is 4.51. The Bertz CT molecular complexity index is 357. The summed E-state index contributed by atoms with van der Waals surface area (Å²) in [4.78, 5) is 22.6. The van der Waals surface area contributed by atoms with Gasteiger partial charge in [0, 0.05) is 17.8 Å². The molecule has 0 aliphatic carbocycles. The van der Waals surface area contributed by atoms with Gasteiger partial charge in [-0.1, -0.05) is 12.7 Å². The molecule has 0 heterocycles. The number of hydrogen-bond donors (Lipinski definition) is 1. The fraction of sp³-hybridized carbons (Fsp3) is 0.600. The van der Waals surface area contributed by atoms with Gasteiger partial charge >= 0.3 is 11.9 Å². The van der Waals surface area contributed by atoms with E-state index in [1.165, 1.54) is 0 Å². The van der Waals surface area contributed by atoms with Gasteiger partial charge in [-0.25, -0.2) is 9.59 Å². The average Bonchev–Trinajstić information content (AvgIpc) is 2.41. The Morgan fingerprint density at radius 2 is 1.60 bits per heavy atom. The second kappa shape index (κ2) is 11.2. The number of carbonyl (C=O) groups excluding carboxylic acids is 2. The number of unbranched alkanes of at least 4 members (excludes halogenated alkanes) is 2. The molecule has 114 valence electrons. The molecule has 0 atom stereocenters. The van der Waals surface area contributed by atoms with Crippen LogP contribution < -0.4 is 0 Å². The highest BCUT2D eigenvalue weighted by atomic mass is 16.5. The number of esters is 2. The Labute approximate surface area is 120 Å². The number of aliphatic hydroxyl groups is 1. The van der Waals surface area contributed by atoms with E-state index in [2.05, 4.69) is 6.58 Å². The van der Waals surface area contributed by atoms with Crippen LogP contribution in [0.15, 0.2) is 23.8 Å². The summed E-state index contributed by atoms with van der Waals surface area (Å²) in [6.45, 7) is 7.47. The van der Waals surface area contributed by atoms with Crippen LogP contribution in [0.3, 0.4) is 0 Å². The SMILES string of the molecule is C=C(C)C(=O)OCCCCOC(=O)C(C)=CCCCO. The van der Waals surface area contributed by atoms with Crippen LogP contribution in [-0.2, 0) is 19.1 Å². The monoisotopic (exact) mass is 284 g/mol. The third kappa shape index (κ3) is 9.33. The quantitative estimate of drug-likeness (QED) is 0.378. The van der Waals surface area contributed by atoms with Crippen molar-refractivity contribution in [1.29, 1.82) is 0 Å². The molecule has 0 amide bonds. The number of ether oxygens (including phenoxy) is 2. The summed E-state index contributed by atoms with van der Waals surface area (Å²) in [5, 5.41) is 8.63. The molecule has 5 heteroatoms. The number of hydrogen-bond acceptors (Lipinski definition) is 5. The standard InChI is InChI=1S/C15H24O5/c1-12(2)14(17)19-10-6-7-11-20-15(18)13(3)8-4-5-9-16/h8,16H,1,4-7,9-11H2,2-3H3. The summed E-state index contributed by atoms with van der Waals surface area (Å²) in [6, 6.07) is 0. The first-order valence-electron chi connectivity index (χ1n) is 6.76. The highest BCUT2D eigenvalue weighted by Gasteiger charge is 2.05. The van der Waals surface area contributed by atoms with Crippen LogP contribution in [0.5, 0.6) is 0 Å². The minimum atomic E-state index is -0.398. The minimum Gasteiger partial charge on any atom is -0.462 e. The maximum absolute atomic E-state index is 11.5. The van der Waals surface area contributed by atoms with E-state index in [0.29, 0.717) is 50.0 Å². The predicted molar refractivity (Wildman–Crippen MR) is 76.0 cm³/mol. The van der Waals surface area contributed by atoms with Gasteiger partial charge in [0.15, 0.2) is 0 Å². The molecule has 1 N–H and O–H groups in total. The second-order valence-corrected chi connectivity index (χ2v) is 4.51. The van der Waals surface area contributed by atoms with Gasteiger partial charge in [0.2, 0.25) is 0 Å². The van der Waals surface area contributed by atoms with Crippen molar-refractivity contribution >= 4 is 11.9 Å². The Morgan fingerprint density at radius 1 is 1.05 bits per heavy atom.